The van der Waals surface area contributed by atoms with Gasteiger partial charge in [-0.3, -0.25) is 14.6 Å². The maximum Gasteiger partial charge on any atom is 0.244 e. The molecule has 5 rings (SSSR count). The van der Waals surface area contributed by atoms with Gasteiger partial charge in [-0.05, 0) is 54.2 Å². The highest BCUT2D eigenvalue weighted by atomic mass is 35.5. The molecule has 1 saturated heterocycles. The summed E-state index contributed by atoms with van der Waals surface area (Å²) in [6, 6.07) is 27.8. The molecule has 2 aliphatic rings. The van der Waals surface area contributed by atoms with Crippen molar-refractivity contribution >= 4 is 35.7 Å². The van der Waals surface area contributed by atoms with Crippen LogP contribution in [0.4, 0.5) is 0 Å². The molecule has 0 aliphatic carbocycles. The SMILES string of the molecule is O=C(/C=C/c1ccc(Cl)cc1)NC[C@@H]1CCN(CC(c2ccccc2)c2ccccc2)C(=O)[C@H](CCCN2CCC=N2)N1. The number of hydrogen-bond donors (Lipinski definition) is 2. The van der Waals surface area contributed by atoms with Crippen LogP contribution in [0.25, 0.3) is 6.08 Å². The van der Waals surface area contributed by atoms with Gasteiger partial charge in [-0.2, -0.15) is 5.10 Å². The smallest absolute Gasteiger partial charge is 0.244 e. The van der Waals surface area contributed by atoms with E-state index < -0.39 is 0 Å². The molecule has 0 spiro atoms. The number of nitrogens with one attached hydrogen (secondary N) is 2. The maximum atomic E-state index is 14.1. The minimum Gasteiger partial charge on any atom is -0.351 e. The molecular weight excluding hydrogens is 558 g/mol. The van der Waals surface area contributed by atoms with Crippen molar-refractivity contribution in [2.24, 2.45) is 5.10 Å². The third-order valence-corrected chi connectivity index (χ3v) is 8.34. The van der Waals surface area contributed by atoms with Crippen LogP contribution in [-0.2, 0) is 9.59 Å². The number of amides is 2. The summed E-state index contributed by atoms with van der Waals surface area (Å²) < 4.78 is 0. The fourth-order valence-electron chi connectivity index (χ4n) is 5.74. The number of halogens is 1. The topological polar surface area (TPSA) is 77.0 Å². The van der Waals surface area contributed by atoms with Crippen molar-refractivity contribution in [3.05, 3.63) is 113 Å². The van der Waals surface area contributed by atoms with Crippen molar-refractivity contribution in [1.29, 1.82) is 0 Å². The van der Waals surface area contributed by atoms with E-state index >= 15 is 0 Å². The first-order valence-corrected chi connectivity index (χ1v) is 15.6. The highest BCUT2D eigenvalue weighted by Crippen LogP contribution is 2.27. The van der Waals surface area contributed by atoms with Gasteiger partial charge < -0.3 is 15.5 Å². The Kier molecular flexibility index (Phi) is 11.0. The quantitative estimate of drug-likeness (QED) is 0.277. The molecule has 8 heteroatoms. The van der Waals surface area contributed by atoms with Crippen LogP contribution < -0.4 is 10.6 Å². The van der Waals surface area contributed by atoms with Gasteiger partial charge in [0.2, 0.25) is 11.8 Å². The van der Waals surface area contributed by atoms with Crippen LogP contribution in [0.1, 0.15) is 48.3 Å². The Labute approximate surface area is 259 Å². The van der Waals surface area contributed by atoms with Crippen molar-refractivity contribution in [3.8, 4) is 0 Å². The lowest BCUT2D eigenvalue weighted by Gasteiger charge is -2.29. The molecule has 2 atom stereocenters. The van der Waals surface area contributed by atoms with Crippen molar-refractivity contribution in [3.63, 3.8) is 0 Å². The zero-order chi connectivity index (χ0) is 29.9. The fourth-order valence-corrected chi connectivity index (χ4v) is 5.86. The lowest BCUT2D eigenvalue weighted by Crippen LogP contribution is -2.49. The Morgan fingerprint density at radius 1 is 1.00 bits per heavy atom. The second-order valence-corrected chi connectivity index (χ2v) is 11.6. The summed E-state index contributed by atoms with van der Waals surface area (Å²) in [4.78, 5) is 28.7. The van der Waals surface area contributed by atoms with Gasteiger partial charge in [0.1, 0.15) is 0 Å². The average molecular weight is 598 g/mol. The fraction of sp³-hybridized carbons (Fsp3) is 0.343. The Hall–Kier alpha value is -3.94. The normalized spacial score (nSPS) is 18.9. The van der Waals surface area contributed by atoms with E-state index in [1.54, 1.807) is 18.2 Å². The third-order valence-electron chi connectivity index (χ3n) is 8.09. The molecule has 224 valence electrons. The molecular formula is C35H40ClN5O2. The van der Waals surface area contributed by atoms with Crippen molar-refractivity contribution in [1.82, 2.24) is 20.5 Å². The molecule has 3 aromatic carbocycles. The summed E-state index contributed by atoms with van der Waals surface area (Å²) in [5.74, 6) is 0.0271. The van der Waals surface area contributed by atoms with Gasteiger partial charge in [0, 0.05) is 68.4 Å². The summed E-state index contributed by atoms with van der Waals surface area (Å²) in [6.45, 7) is 3.43. The van der Waals surface area contributed by atoms with Crippen molar-refractivity contribution < 1.29 is 9.59 Å². The molecule has 2 aliphatic heterocycles. The Morgan fingerprint density at radius 2 is 1.70 bits per heavy atom. The zero-order valence-corrected chi connectivity index (χ0v) is 25.2. The number of hydrogen-bond acceptors (Lipinski definition) is 5. The second-order valence-electron chi connectivity index (χ2n) is 11.2. The second kappa shape index (κ2) is 15.5. The van der Waals surface area contributed by atoms with Crippen LogP contribution in [0.5, 0.6) is 0 Å². The Bertz CT molecular complexity index is 1340. The van der Waals surface area contributed by atoms with Crippen LogP contribution in [-0.4, -0.2) is 72.7 Å². The largest absolute Gasteiger partial charge is 0.351 e. The summed E-state index contributed by atoms with van der Waals surface area (Å²) >= 11 is 5.96. The number of hydrazone groups is 1. The predicted molar refractivity (Wildman–Crippen MR) is 174 cm³/mol. The summed E-state index contributed by atoms with van der Waals surface area (Å²) in [6.07, 6.45) is 8.55. The van der Waals surface area contributed by atoms with Gasteiger partial charge in [0.25, 0.3) is 0 Å². The Balaban J connectivity index is 1.27. The number of rotatable bonds is 12. The Morgan fingerprint density at radius 3 is 2.35 bits per heavy atom. The van der Waals surface area contributed by atoms with Crippen LogP contribution in [0.3, 0.4) is 0 Å². The van der Waals surface area contributed by atoms with Gasteiger partial charge in [0.15, 0.2) is 0 Å². The molecule has 1 fully saturated rings. The monoisotopic (exact) mass is 597 g/mol. The van der Waals surface area contributed by atoms with Gasteiger partial charge in [-0.25, -0.2) is 0 Å². The lowest BCUT2D eigenvalue weighted by atomic mass is 9.90. The van der Waals surface area contributed by atoms with E-state index in [4.69, 9.17) is 11.6 Å². The lowest BCUT2D eigenvalue weighted by molar-refractivity contribution is -0.133. The summed E-state index contributed by atoms with van der Waals surface area (Å²) in [5, 5.41) is 13.8. The standard InChI is InChI=1S/C35H40ClN5O2/c36-30-17-14-27(15-18-30)16-19-34(42)37-25-31-20-24-40(35(43)33(39-31)13-7-22-41-23-8-21-38-41)26-32(28-9-3-1-4-10-28)29-11-5-2-6-12-29/h1-6,9-12,14-19,21,31-33,39H,7-8,13,20,22-26H2,(H,37,42)/b19-16+/t31-,33-/m0/s1. The van der Waals surface area contributed by atoms with Crippen LogP contribution >= 0.6 is 11.6 Å². The predicted octanol–water partition coefficient (Wildman–Crippen LogP) is 5.33. The molecule has 43 heavy (non-hydrogen) atoms. The van der Waals surface area contributed by atoms with Crippen molar-refractivity contribution in [2.45, 2.75) is 43.7 Å². The van der Waals surface area contributed by atoms with Crippen molar-refractivity contribution in [2.75, 3.05) is 32.7 Å². The molecule has 0 saturated carbocycles. The number of nitrogens with zero attached hydrogens (tertiary/aromatic N) is 3. The summed E-state index contributed by atoms with van der Waals surface area (Å²) in [5.41, 5.74) is 3.29. The van der Waals surface area contributed by atoms with Crippen LogP contribution in [0, 0.1) is 0 Å². The van der Waals surface area contributed by atoms with Crippen LogP contribution in [0.15, 0.2) is 96.1 Å². The van der Waals surface area contributed by atoms with E-state index in [0.717, 1.165) is 37.9 Å². The molecule has 2 amide bonds. The minimum atomic E-state index is -0.326. The van der Waals surface area contributed by atoms with E-state index in [2.05, 4.69) is 69.3 Å². The molecule has 2 heterocycles. The van der Waals surface area contributed by atoms with Gasteiger partial charge in [-0.15, -0.1) is 0 Å². The molecule has 0 aromatic heterocycles. The average Bonchev–Trinajstić information content (AvgIpc) is 3.51. The van der Waals surface area contributed by atoms with E-state index in [1.165, 1.54) is 17.2 Å². The highest BCUT2D eigenvalue weighted by Gasteiger charge is 2.32. The van der Waals surface area contributed by atoms with Gasteiger partial charge >= 0.3 is 0 Å². The molecule has 0 unspecified atom stereocenters. The van der Waals surface area contributed by atoms with Gasteiger partial charge in [0.05, 0.1) is 6.04 Å². The number of carbonyl (C=O) groups excluding carboxylic acids is 2. The third kappa shape index (κ3) is 9.02. The summed E-state index contributed by atoms with van der Waals surface area (Å²) in [7, 11) is 0. The first-order valence-electron chi connectivity index (χ1n) is 15.2. The molecule has 0 bridgehead atoms. The van der Waals surface area contributed by atoms with E-state index in [-0.39, 0.29) is 29.8 Å². The van der Waals surface area contributed by atoms with Crippen LogP contribution in [0.2, 0.25) is 5.02 Å². The first-order chi connectivity index (χ1) is 21.0. The first kappa shape index (κ1) is 30.5. The van der Waals surface area contributed by atoms with E-state index in [9.17, 15) is 9.59 Å². The van der Waals surface area contributed by atoms with Gasteiger partial charge in [-0.1, -0.05) is 84.4 Å². The number of carbonyl (C=O) groups is 2. The highest BCUT2D eigenvalue weighted by molar-refractivity contribution is 6.30. The van der Waals surface area contributed by atoms with E-state index in [0.29, 0.717) is 31.1 Å². The van der Waals surface area contributed by atoms with E-state index in [1.807, 2.05) is 35.4 Å². The number of benzene rings is 3. The minimum absolute atomic E-state index is 0.0245. The molecule has 0 radical (unpaired) electrons. The molecule has 7 nitrogen and oxygen atoms in total. The zero-order valence-electron chi connectivity index (χ0n) is 24.4. The maximum absolute atomic E-state index is 14.1. The molecule has 2 N–H and O–H groups in total. The molecule has 3 aromatic rings.